The summed E-state index contributed by atoms with van der Waals surface area (Å²) in [6.45, 7) is 3.29. The number of fused-ring (bicyclic) bond motifs is 1. The average Bonchev–Trinajstić information content (AvgIpc) is 3.11. The predicted octanol–water partition coefficient (Wildman–Crippen LogP) is 8.27. The zero-order chi connectivity index (χ0) is 34.4. The molecule has 5 aromatic rings. The summed E-state index contributed by atoms with van der Waals surface area (Å²) >= 11 is 1.59. The van der Waals surface area contributed by atoms with Gasteiger partial charge < -0.3 is 20.0 Å². The van der Waals surface area contributed by atoms with Gasteiger partial charge >= 0.3 is 0 Å². The van der Waals surface area contributed by atoms with Gasteiger partial charge in [-0.2, -0.15) is 0 Å². The van der Waals surface area contributed by atoms with Gasteiger partial charge in [-0.1, -0.05) is 103 Å². The second-order valence-electron chi connectivity index (χ2n) is 12.9. The van der Waals surface area contributed by atoms with Crippen LogP contribution in [0.4, 0.5) is 22.7 Å². The number of anilines is 3. The Bertz CT molecular complexity index is 1790. The number of benzene rings is 5. The van der Waals surface area contributed by atoms with Crippen molar-refractivity contribution in [3.05, 3.63) is 155 Å². The van der Waals surface area contributed by atoms with Crippen molar-refractivity contribution in [1.82, 2.24) is 5.32 Å². The van der Waals surface area contributed by atoms with Gasteiger partial charge in [0.1, 0.15) is 4.75 Å². The van der Waals surface area contributed by atoms with Crippen LogP contribution in [0.3, 0.4) is 0 Å². The molecule has 250 valence electrons. The maximum absolute atomic E-state index is 12.5. The number of thioether (sulfide) groups is 1. The molecular formula is C42H45N5OS. The van der Waals surface area contributed by atoms with Crippen LogP contribution in [0.2, 0.25) is 0 Å². The number of nitrogens with zero attached hydrogens (tertiary/aromatic N) is 4. The molecule has 1 N–H and O–H groups in total. The first-order chi connectivity index (χ1) is 23.7. The summed E-state index contributed by atoms with van der Waals surface area (Å²) in [5.41, 5.74) is 10.2. The normalized spacial score (nSPS) is 13.2. The number of aliphatic imine (C=N–C) groups is 1. The Kier molecular flexibility index (Phi) is 10.4. The zero-order valence-electron chi connectivity index (χ0n) is 29.1. The van der Waals surface area contributed by atoms with Gasteiger partial charge in [-0.15, -0.1) is 0 Å². The molecule has 0 spiro atoms. The maximum Gasteiger partial charge on any atom is 0.222 e. The van der Waals surface area contributed by atoms with Crippen LogP contribution in [0.15, 0.2) is 132 Å². The monoisotopic (exact) mass is 667 g/mol. The highest BCUT2D eigenvalue weighted by Crippen LogP contribution is 2.55. The molecule has 1 aliphatic rings. The van der Waals surface area contributed by atoms with Crippen molar-refractivity contribution < 1.29 is 4.79 Å². The molecule has 0 radical (unpaired) electrons. The molecule has 6 nitrogen and oxygen atoms in total. The summed E-state index contributed by atoms with van der Waals surface area (Å²) in [4.78, 5) is 24.3. The first-order valence-electron chi connectivity index (χ1n) is 16.8. The van der Waals surface area contributed by atoms with Crippen LogP contribution in [0, 0.1) is 0 Å². The molecule has 49 heavy (non-hydrogen) atoms. The third-order valence-electron chi connectivity index (χ3n) is 9.09. The third-order valence-corrected chi connectivity index (χ3v) is 10.5. The van der Waals surface area contributed by atoms with E-state index in [0.717, 1.165) is 65.4 Å². The fraction of sp³-hybridized carbons (Fsp3) is 0.238. The first-order valence-corrected chi connectivity index (χ1v) is 17.6. The van der Waals surface area contributed by atoms with Gasteiger partial charge in [-0.3, -0.25) is 4.79 Å². The molecule has 1 heterocycles. The predicted molar refractivity (Wildman–Crippen MR) is 209 cm³/mol. The van der Waals surface area contributed by atoms with Gasteiger partial charge in [-0.05, 0) is 71.5 Å². The van der Waals surface area contributed by atoms with E-state index in [2.05, 4.69) is 176 Å². The lowest BCUT2D eigenvalue weighted by Crippen LogP contribution is -2.36. The fourth-order valence-corrected chi connectivity index (χ4v) is 7.83. The van der Waals surface area contributed by atoms with Crippen molar-refractivity contribution in [3.8, 4) is 0 Å². The van der Waals surface area contributed by atoms with Crippen molar-refractivity contribution in [2.75, 3.05) is 56.0 Å². The number of hydrogen-bond donors (Lipinski definition) is 1. The van der Waals surface area contributed by atoms with E-state index in [-0.39, 0.29) is 5.91 Å². The van der Waals surface area contributed by atoms with E-state index in [0.29, 0.717) is 5.17 Å². The van der Waals surface area contributed by atoms with Crippen molar-refractivity contribution >= 4 is 45.6 Å². The number of nitrogens with one attached hydrogen (secondary N) is 1. The highest BCUT2D eigenvalue weighted by molar-refractivity contribution is 8.15. The van der Waals surface area contributed by atoms with Crippen LogP contribution in [0.25, 0.3) is 0 Å². The highest BCUT2D eigenvalue weighted by atomic mass is 32.2. The minimum atomic E-state index is -0.651. The standard InChI is InChI=1S/C42H45N5OS/c1-31(48)43-41-44-40-30-38(47(28-26-32-12-8-6-9-13-32)29-27-33-14-10-7-11-15-33)24-25-39(40)42(49-41,34-16-20-36(21-17-34)45(2)3)35-18-22-37(23-19-35)46(4)5/h6-25,30H,26-29H2,1-5H3,(H,43,44,48). The van der Waals surface area contributed by atoms with Gasteiger partial charge in [0, 0.05) is 70.8 Å². The summed E-state index contributed by atoms with van der Waals surface area (Å²) in [6.07, 6.45) is 1.87. The Hall–Kier alpha value is -5.01. The molecule has 5 aromatic carbocycles. The first kappa shape index (κ1) is 33.9. The van der Waals surface area contributed by atoms with E-state index in [1.54, 1.807) is 18.7 Å². The average molecular weight is 668 g/mol. The molecule has 0 saturated heterocycles. The van der Waals surface area contributed by atoms with E-state index in [4.69, 9.17) is 4.99 Å². The molecule has 0 bridgehead atoms. The topological polar surface area (TPSA) is 51.2 Å². The minimum Gasteiger partial charge on any atom is -0.378 e. The quantitative estimate of drug-likeness (QED) is 0.154. The van der Waals surface area contributed by atoms with Crippen molar-refractivity contribution in [2.24, 2.45) is 4.99 Å². The van der Waals surface area contributed by atoms with Crippen LogP contribution < -0.4 is 20.0 Å². The lowest BCUT2D eigenvalue weighted by Gasteiger charge is -2.39. The van der Waals surface area contributed by atoms with E-state index in [1.807, 2.05) is 0 Å². The second-order valence-corrected chi connectivity index (χ2v) is 14.1. The smallest absolute Gasteiger partial charge is 0.222 e. The Morgan fingerprint density at radius 1 is 0.653 bits per heavy atom. The third kappa shape index (κ3) is 7.68. The molecule has 0 fully saturated rings. The molecule has 6 rings (SSSR count). The van der Waals surface area contributed by atoms with E-state index in [9.17, 15) is 4.79 Å². The summed E-state index contributed by atoms with van der Waals surface area (Å²) in [7, 11) is 8.22. The van der Waals surface area contributed by atoms with Crippen LogP contribution in [-0.2, 0) is 22.4 Å². The zero-order valence-corrected chi connectivity index (χ0v) is 29.9. The van der Waals surface area contributed by atoms with Gasteiger partial charge in [0.25, 0.3) is 0 Å². The van der Waals surface area contributed by atoms with Crippen LogP contribution >= 0.6 is 11.8 Å². The van der Waals surface area contributed by atoms with Gasteiger partial charge in [-0.25, -0.2) is 4.99 Å². The number of amides is 1. The maximum atomic E-state index is 12.5. The lowest BCUT2D eigenvalue weighted by atomic mass is 9.82. The molecule has 0 saturated carbocycles. The Labute approximate surface area is 295 Å². The van der Waals surface area contributed by atoms with Crippen LogP contribution in [0.5, 0.6) is 0 Å². The summed E-state index contributed by atoms with van der Waals surface area (Å²) in [5.74, 6) is -0.141. The van der Waals surface area contributed by atoms with Crippen LogP contribution in [-0.4, -0.2) is 52.4 Å². The Morgan fingerprint density at radius 3 is 1.57 bits per heavy atom. The second kappa shape index (κ2) is 15.0. The number of carbonyl (C=O) groups excluding carboxylic acids is 1. The lowest BCUT2D eigenvalue weighted by molar-refractivity contribution is -0.117. The Balaban J connectivity index is 1.48. The molecule has 0 aromatic heterocycles. The fourth-order valence-electron chi connectivity index (χ4n) is 6.41. The van der Waals surface area contributed by atoms with Gasteiger partial charge in [0.15, 0.2) is 5.17 Å². The number of carbonyl (C=O) groups is 1. The molecule has 1 aliphatic heterocycles. The molecule has 0 aliphatic carbocycles. The minimum absolute atomic E-state index is 0.141. The molecule has 0 unspecified atom stereocenters. The number of rotatable bonds is 11. The van der Waals surface area contributed by atoms with Crippen molar-refractivity contribution in [1.29, 1.82) is 0 Å². The van der Waals surface area contributed by atoms with E-state index < -0.39 is 4.75 Å². The summed E-state index contributed by atoms with van der Waals surface area (Å²) in [6, 6.07) is 45.6. The number of amidine groups is 1. The largest absolute Gasteiger partial charge is 0.378 e. The van der Waals surface area contributed by atoms with Crippen molar-refractivity contribution in [2.45, 2.75) is 24.5 Å². The Morgan fingerprint density at radius 2 is 1.12 bits per heavy atom. The van der Waals surface area contributed by atoms with Crippen molar-refractivity contribution in [3.63, 3.8) is 0 Å². The molecular weight excluding hydrogens is 623 g/mol. The summed E-state index contributed by atoms with van der Waals surface area (Å²) in [5, 5.41) is 3.65. The SMILES string of the molecule is CC(=O)NC1=Nc2cc(N(CCc3ccccc3)CCc3ccccc3)ccc2C(c2ccc(N(C)C)cc2)(c2ccc(N(C)C)cc2)S1. The van der Waals surface area contributed by atoms with Crippen LogP contribution in [0.1, 0.15) is 34.7 Å². The molecule has 0 atom stereocenters. The van der Waals surface area contributed by atoms with E-state index >= 15 is 0 Å². The van der Waals surface area contributed by atoms with E-state index in [1.165, 1.54) is 11.1 Å². The summed E-state index contributed by atoms with van der Waals surface area (Å²) < 4.78 is -0.651. The van der Waals surface area contributed by atoms with Gasteiger partial charge in [0.05, 0.1) is 5.69 Å². The molecule has 7 heteroatoms. The number of hydrogen-bond acceptors (Lipinski definition) is 6. The molecule has 1 amide bonds. The highest BCUT2D eigenvalue weighted by Gasteiger charge is 2.43. The van der Waals surface area contributed by atoms with Gasteiger partial charge in [0.2, 0.25) is 5.91 Å².